The molecule has 224 valence electrons. The van der Waals surface area contributed by atoms with E-state index in [0.717, 1.165) is 27.8 Å². The van der Waals surface area contributed by atoms with Gasteiger partial charge in [-0.15, -0.1) is 0 Å². The zero-order valence-corrected chi connectivity index (χ0v) is 24.6. The number of sulfonamides is 1. The minimum absolute atomic E-state index is 0.0332. The maximum Gasteiger partial charge on any atom is 0.407 e. The van der Waals surface area contributed by atoms with E-state index in [1.807, 2.05) is 60.7 Å². The number of carbonyl (C=O) groups is 2. The third-order valence-corrected chi connectivity index (χ3v) is 9.25. The molecule has 0 aliphatic heterocycles. The van der Waals surface area contributed by atoms with Gasteiger partial charge in [0.1, 0.15) is 17.5 Å². The van der Waals surface area contributed by atoms with Crippen LogP contribution < -0.4 is 15.8 Å². The quantitative estimate of drug-likeness (QED) is 0.121. The molecule has 43 heavy (non-hydrogen) atoms. The highest BCUT2D eigenvalue weighted by atomic mass is 32.2. The zero-order chi connectivity index (χ0) is 30.7. The molecule has 5 N–H and O–H groups in total. The highest BCUT2D eigenvalue weighted by molar-refractivity contribution is 7.90. The molecule has 12 heteroatoms. The van der Waals surface area contributed by atoms with Crippen molar-refractivity contribution in [1.82, 2.24) is 14.6 Å². The minimum Gasteiger partial charge on any atom is -0.480 e. The zero-order valence-electron chi connectivity index (χ0n) is 23.8. The number of aryl methyl sites for hydroxylation is 1. The van der Waals surface area contributed by atoms with Gasteiger partial charge in [-0.1, -0.05) is 66.7 Å². The van der Waals surface area contributed by atoms with Gasteiger partial charge >= 0.3 is 12.1 Å². The van der Waals surface area contributed by atoms with Crippen LogP contribution >= 0.6 is 0 Å². The number of nitrogens with zero attached hydrogens (tertiary/aromatic N) is 2. The van der Waals surface area contributed by atoms with E-state index in [2.05, 4.69) is 15.0 Å². The Morgan fingerprint density at radius 2 is 1.63 bits per heavy atom. The number of fused-ring (bicyclic) bond motifs is 4. The standard InChI is InChI=1S/C31H33N5O6S/c1-19-28(24-14-7-8-16-27(24)36(19)2)43(40,41)35-30(32)33-17-9-15-26(29(37)38)34-31(39)42-18-25-22-12-5-3-10-20(22)21-11-4-6-13-23(21)25/h3-8,10-14,16,25-26H,9,15,17-18H2,1-2H3,(H,34,39)(H,37,38)(H3,32,33,35)/t26-/m0/s1. The number of aliphatic carboxylic acids is 1. The molecule has 1 aliphatic carbocycles. The van der Waals surface area contributed by atoms with Crippen LogP contribution in [-0.2, 0) is 26.6 Å². The highest BCUT2D eigenvalue weighted by Gasteiger charge is 2.30. The molecule has 0 radical (unpaired) electrons. The second-order valence-electron chi connectivity index (χ2n) is 10.4. The summed E-state index contributed by atoms with van der Waals surface area (Å²) in [6, 6.07) is 21.8. The summed E-state index contributed by atoms with van der Waals surface area (Å²) >= 11 is 0. The smallest absolute Gasteiger partial charge is 0.407 e. The minimum atomic E-state index is -4.02. The Morgan fingerprint density at radius 3 is 2.28 bits per heavy atom. The lowest BCUT2D eigenvalue weighted by Gasteiger charge is -2.17. The van der Waals surface area contributed by atoms with E-state index in [9.17, 15) is 23.1 Å². The largest absolute Gasteiger partial charge is 0.480 e. The van der Waals surface area contributed by atoms with Crippen LogP contribution in [0.3, 0.4) is 0 Å². The maximum atomic E-state index is 13.1. The van der Waals surface area contributed by atoms with Crippen molar-refractivity contribution in [2.75, 3.05) is 13.2 Å². The van der Waals surface area contributed by atoms with Crippen LogP contribution in [0.2, 0.25) is 0 Å². The monoisotopic (exact) mass is 603 g/mol. The number of carboxylic acid groups (broad SMARTS) is 1. The molecular formula is C31H33N5O6S. The summed E-state index contributed by atoms with van der Waals surface area (Å²) in [5.74, 6) is -1.69. The average Bonchev–Trinajstić information content (AvgIpc) is 3.44. The molecule has 0 saturated carbocycles. The molecule has 0 bridgehead atoms. The second-order valence-corrected chi connectivity index (χ2v) is 12.0. The van der Waals surface area contributed by atoms with Gasteiger partial charge in [0, 0.05) is 36.1 Å². The van der Waals surface area contributed by atoms with Crippen molar-refractivity contribution < 1.29 is 27.9 Å². The third-order valence-electron chi connectivity index (χ3n) is 7.72. The number of hydrogen-bond donors (Lipinski definition) is 4. The Hall–Kier alpha value is -4.84. The van der Waals surface area contributed by atoms with E-state index < -0.39 is 28.1 Å². The van der Waals surface area contributed by atoms with Crippen molar-refractivity contribution in [1.29, 1.82) is 0 Å². The van der Waals surface area contributed by atoms with Gasteiger partial charge in [0.15, 0.2) is 0 Å². The van der Waals surface area contributed by atoms with E-state index in [1.165, 1.54) is 0 Å². The Kier molecular flexibility index (Phi) is 8.40. The Balaban J connectivity index is 1.14. The fraction of sp³-hybridized carbons (Fsp3) is 0.258. The van der Waals surface area contributed by atoms with Crippen molar-refractivity contribution in [3.8, 4) is 11.1 Å². The molecule has 1 amide bonds. The van der Waals surface area contributed by atoms with Crippen molar-refractivity contribution >= 4 is 38.9 Å². The molecule has 0 saturated heterocycles. The first-order valence-corrected chi connectivity index (χ1v) is 15.3. The molecular weight excluding hydrogens is 570 g/mol. The van der Waals surface area contributed by atoms with Gasteiger partial charge in [0.25, 0.3) is 10.0 Å². The van der Waals surface area contributed by atoms with Crippen LogP contribution in [0.15, 0.2) is 82.7 Å². The molecule has 11 nitrogen and oxygen atoms in total. The number of nitrogens with one attached hydrogen (secondary N) is 2. The SMILES string of the molecule is Cc1c(S(=O)(=O)NC(N)=NCCC[C@H](NC(=O)OCC2c3ccccc3-c3ccccc32)C(=O)O)c2ccccc2n1C. The van der Waals surface area contributed by atoms with E-state index >= 15 is 0 Å². The Bertz CT molecular complexity index is 1790. The molecule has 0 fully saturated rings. The number of aromatic nitrogens is 1. The molecule has 3 aromatic carbocycles. The number of nitrogens with two attached hydrogens (primary N) is 1. The Labute approximate surface area is 249 Å². The molecule has 5 rings (SSSR count). The van der Waals surface area contributed by atoms with Crippen LogP contribution in [0.25, 0.3) is 22.0 Å². The van der Waals surface area contributed by atoms with Crippen LogP contribution in [0.5, 0.6) is 0 Å². The number of guanidine groups is 1. The summed E-state index contributed by atoms with van der Waals surface area (Å²) in [6.45, 7) is 1.81. The first kappa shape index (κ1) is 29.6. The van der Waals surface area contributed by atoms with Crippen molar-refractivity contribution in [2.45, 2.75) is 36.6 Å². The van der Waals surface area contributed by atoms with Crippen molar-refractivity contribution in [3.63, 3.8) is 0 Å². The number of amides is 1. The predicted molar refractivity (Wildman–Crippen MR) is 163 cm³/mol. The lowest BCUT2D eigenvalue weighted by Crippen LogP contribution is -2.41. The van der Waals surface area contributed by atoms with Gasteiger partial charge in [0.2, 0.25) is 5.96 Å². The predicted octanol–water partition coefficient (Wildman–Crippen LogP) is 3.85. The van der Waals surface area contributed by atoms with Crippen LogP contribution in [0.1, 0.15) is 35.6 Å². The molecule has 1 heterocycles. The number of para-hydroxylation sites is 1. The number of ether oxygens (including phenoxy) is 1. The van der Waals surface area contributed by atoms with E-state index in [-0.39, 0.29) is 42.8 Å². The molecule has 4 aromatic rings. The Morgan fingerprint density at radius 1 is 1.02 bits per heavy atom. The van der Waals surface area contributed by atoms with Crippen molar-refractivity contribution in [3.05, 3.63) is 89.6 Å². The lowest BCUT2D eigenvalue weighted by molar-refractivity contribution is -0.139. The first-order valence-electron chi connectivity index (χ1n) is 13.8. The summed E-state index contributed by atoms with van der Waals surface area (Å²) in [7, 11) is -2.24. The molecule has 1 atom stereocenters. The fourth-order valence-corrected chi connectivity index (χ4v) is 7.01. The van der Waals surface area contributed by atoms with Crippen LogP contribution in [0, 0.1) is 6.92 Å². The summed E-state index contributed by atoms with van der Waals surface area (Å²) in [5, 5.41) is 12.6. The number of carbonyl (C=O) groups excluding carboxylic acids is 1. The van der Waals surface area contributed by atoms with E-state index in [4.69, 9.17) is 10.5 Å². The van der Waals surface area contributed by atoms with Gasteiger partial charge in [0.05, 0.1) is 0 Å². The van der Waals surface area contributed by atoms with E-state index in [0.29, 0.717) is 11.1 Å². The van der Waals surface area contributed by atoms with Gasteiger partial charge < -0.3 is 25.5 Å². The number of aliphatic imine (C=N–C) groups is 1. The van der Waals surface area contributed by atoms with Gasteiger partial charge in [-0.2, -0.15) is 0 Å². The summed E-state index contributed by atoms with van der Waals surface area (Å²) in [6.07, 6.45) is -0.586. The molecule has 1 aliphatic rings. The molecule has 0 spiro atoms. The topological polar surface area (TPSA) is 165 Å². The number of alkyl carbamates (subject to hydrolysis) is 1. The number of carboxylic acids is 1. The number of rotatable bonds is 10. The summed E-state index contributed by atoms with van der Waals surface area (Å²) < 4.78 is 35.8. The first-order chi connectivity index (χ1) is 20.6. The summed E-state index contributed by atoms with van der Waals surface area (Å²) in [4.78, 5) is 28.5. The summed E-state index contributed by atoms with van der Waals surface area (Å²) in [5.41, 5.74) is 11.5. The third kappa shape index (κ3) is 6.05. The number of benzene rings is 3. The second kappa shape index (κ2) is 12.2. The highest BCUT2D eigenvalue weighted by Crippen LogP contribution is 2.44. The maximum absolute atomic E-state index is 13.1. The lowest BCUT2D eigenvalue weighted by atomic mass is 9.98. The molecule has 0 unspecified atom stereocenters. The average molecular weight is 604 g/mol. The van der Waals surface area contributed by atoms with Gasteiger partial charge in [-0.3, -0.25) is 4.99 Å². The molecule has 1 aromatic heterocycles. The van der Waals surface area contributed by atoms with Gasteiger partial charge in [-0.05, 0) is 48.1 Å². The van der Waals surface area contributed by atoms with Gasteiger partial charge in [-0.25, -0.2) is 22.7 Å². The number of hydrogen-bond acceptors (Lipinski definition) is 6. The van der Waals surface area contributed by atoms with Crippen LogP contribution in [0.4, 0.5) is 4.79 Å². The van der Waals surface area contributed by atoms with E-state index in [1.54, 1.807) is 30.7 Å². The van der Waals surface area contributed by atoms with Crippen LogP contribution in [-0.4, -0.2) is 55.3 Å². The normalized spacial score (nSPS) is 13.8. The van der Waals surface area contributed by atoms with Crippen molar-refractivity contribution in [2.24, 2.45) is 17.8 Å². The fourth-order valence-electron chi connectivity index (χ4n) is 5.58.